The minimum absolute atomic E-state index is 0.220. The van der Waals surface area contributed by atoms with Crippen LogP contribution in [0.1, 0.15) is 25.4 Å². The van der Waals surface area contributed by atoms with E-state index in [0.717, 1.165) is 12.1 Å². The summed E-state index contributed by atoms with van der Waals surface area (Å²) in [6.07, 6.45) is 0.861. The van der Waals surface area contributed by atoms with Crippen LogP contribution in [0.3, 0.4) is 0 Å². The Bertz CT molecular complexity index is 590. The molecule has 0 saturated carbocycles. The summed E-state index contributed by atoms with van der Waals surface area (Å²) in [5, 5.41) is 0.444. The third kappa shape index (κ3) is 4.46. The van der Waals surface area contributed by atoms with E-state index in [1.807, 2.05) is 6.07 Å². The summed E-state index contributed by atoms with van der Waals surface area (Å²) < 4.78 is 13.5. The van der Waals surface area contributed by atoms with E-state index in [1.165, 1.54) is 17.8 Å². The van der Waals surface area contributed by atoms with Gasteiger partial charge in [-0.25, -0.2) is 14.4 Å². The molecule has 0 bridgehead atoms. The Kier molecular flexibility index (Phi) is 5.38. The van der Waals surface area contributed by atoms with Crippen LogP contribution in [0.15, 0.2) is 35.2 Å². The first-order chi connectivity index (χ1) is 9.54. The maximum Gasteiger partial charge on any atom is 0.140 e. The monoisotopic (exact) mass is 310 g/mol. The fraction of sp³-hybridized carbons (Fsp3) is 0.333. The Morgan fingerprint density at radius 1 is 1.25 bits per heavy atom. The van der Waals surface area contributed by atoms with Crippen LogP contribution >= 0.6 is 23.4 Å². The molecule has 0 unspecified atom stereocenters. The lowest BCUT2D eigenvalue weighted by molar-refractivity contribution is 0.602. The standard InChI is InChI=1S/C15H16ClFN2S/c1-10(2)7-11-8-14(16)19-15(18-11)9-20-13-6-4-3-5-12(13)17/h3-6,8,10H,7,9H2,1-2H3. The molecule has 0 atom stereocenters. The van der Waals surface area contributed by atoms with Crippen molar-refractivity contribution in [2.45, 2.75) is 30.9 Å². The molecule has 0 aliphatic carbocycles. The fourth-order valence-electron chi connectivity index (χ4n) is 1.81. The number of thioether (sulfide) groups is 1. The Morgan fingerprint density at radius 3 is 2.70 bits per heavy atom. The van der Waals surface area contributed by atoms with Crippen molar-refractivity contribution in [2.24, 2.45) is 5.92 Å². The van der Waals surface area contributed by atoms with Gasteiger partial charge in [-0.1, -0.05) is 37.6 Å². The first-order valence-corrected chi connectivity index (χ1v) is 7.80. The van der Waals surface area contributed by atoms with E-state index >= 15 is 0 Å². The van der Waals surface area contributed by atoms with Gasteiger partial charge in [0, 0.05) is 10.6 Å². The zero-order valence-electron chi connectivity index (χ0n) is 11.4. The van der Waals surface area contributed by atoms with Gasteiger partial charge in [-0.15, -0.1) is 11.8 Å². The topological polar surface area (TPSA) is 25.8 Å². The van der Waals surface area contributed by atoms with Crippen LogP contribution in [0.5, 0.6) is 0 Å². The lowest BCUT2D eigenvalue weighted by Gasteiger charge is -2.07. The van der Waals surface area contributed by atoms with Crippen molar-refractivity contribution in [3.8, 4) is 0 Å². The van der Waals surface area contributed by atoms with E-state index in [0.29, 0.717) is 27.5 Å². The molecule has 1 aromatic carbocycles. The van der Waals surface area contributed by atoms with Gasteiger partial charge in [-0.2, -0.15) is 0 Å². The number of nitrogens with zero attached hydrogens (tertiary/aromatic N) is 2. The molecule has 1 heterocycles. The highest BCUT2D eigenvalue weighted by Gasteiger charge is 2.08. The molecular formula is C15H16ClFN2S. The third-order valence-corrected chi connectivity index (χ3v) is 3.84. The van der Waals surface area contributed by atoms with Gasteiger partial charge in [0.2, 0.25) is 0 Å². The maximum absolute atomic E-state index is 13.5. The molecule has 0 fully saturated rings. The van der Waals surface area contributed by atoms with Gasteiger partial charge in [-0.3, -0.25) is 0 Å². The molecule has 2 aromatic rings. The van der Waals surface area contributed by atoms with Crippen LogP contribution in [0.4, 0.5) is 4.39 Å². The Labute approximate surface area is 127 Å². The van der Waals surface area contributed by atoms with Crippen molar-refractivity contribution in [3.63, 3.8) is 0 Å². The summed E-state index contributed by atoms with van der Waals surface area (Å²) in [6, 6.07) is 8.48. The smallest absolute Gasteiger partial charge is 0.140 e. The third-order valence-electron chi connectivity index (χ3n) is 2.61. The molecule has 0 radical (unpaired) electrons. The summed E-state index contributed by atoms with van der Waals surface area (Å²) in [4.78, 5) is 9.28. The highest BCUT2D eigenvalue weighted by Crippen LogP contribution is 2.24. The normalized spacial score (nSPS) is 11.1. The first kappa shape index (κ1) is 15.3. The molecule has 20 heavy (non-hydrogen) atoms. The van der Waals surface area contributed by atoms with Crippen molar-refractivity contribution in [1.82, 2.24) is 9.97 Å². The number of rotatable bonds is 5. The lowest BCUT2D eigenvalue weighted by Crippen LogP contribution is -2.02. The zero-order chi connectivity index (χ0) is 14.5. The molecule has 0 N–H and O–H groups in total. The molecular weight excluding hydrogens is 295 g/mol. The number of hydrogen-bond donors (Lipinski definition) is 0. The number of aromatic nitrogens is 2. The van der Waals surface area contributed by atoms with Gasteiger partial charge in [0.25, 0.3) is 0 Å². The van der Waals surface area contributed by atoms with Crippen molar-refractivity contribution < 1.29 is 4.39 Å². The highest BCUT2D eigenvalue weighted by atomic mass is 35.5. The lowest BCUT2D eigenvalue weighted by atomic mass is 10.1. The largest absolute Gasteiger partial charge is 0.237 e. The molecule has 0 amide bonds. The predicted molar refractivity (Wildman–Crippen MR) is 81.5 cm³/mol. The second kappa shape index (κ2) is 7.04. The van der Waals surface area contributed by atoms with Crippen molar-refractivity contribution in [1.29, 1.82) is 0 Å². The Balaban J connectivity index is 2.09. The quantitative estimate of drug-likeness (QED) is 0.588. The Morgan fingerprint density at radius 2 is 2.00 bits per heavy atom. The van der Waals surface area contributed by atoms with Crippen molar-refractivity contribution in [3.05, 3.63) is 52.8 Å². The van der Waals surface area contributed by atoms with Crippen LogP contribution in [0, 0.1) is 11.7 Å². The Hall–Kier alpha value is -1.13. The zero-order valence-corrected chi connectivity index (χ0v) is 13.0. The molecule has 2 nitrogen and oxygen atoms in total. The second-order valence-electron chi connectivity index (χ2n) is 4.92. The van der Waals surface area contributed by atoms with E-state index in [4.69, 9.17) is 11.6 Å². The van der Waals surface area contributed by atoms with Gasteiger partial charge in [0.1, 0.15) is 16.8 Å². The minimum atomic E-state index is -0.220. The molecule has 0 aliphatic rings. The van der Waals surface area contributed by atoms with Crippen molar-refractivity contribution in [2.75, 3.05) is 0 Å². The SMILES string of the molecule is CC(C)Cc1cc(Cl)nc(CSc2ccccc2F)n1. The molecule has 0 aliphatic heterocycles. The summed E-state index contributed by atoms with van der Waals surface area (Å²) in [7, 11) is 0. The van der Waals surface area contributed by atoms with Gasteiger partial charge in [0.05, 0.1) is 5.75 Å². The predicted octanol–water partition coefficient (Wildman–Crippen LogP) is 4.76. The molecule has 2 rings (SSSR count). The van der Waals surface area contributed by atoms with Crippen LogP contribution < -0.4 is 0 Å². The van der Waals surface area contributed by atoms with E-state index in [-0.39, 0.29) is 5.82 Å². The number of halogens is 2. The number of benzene rings is 1. The van der Waals surface area contributed by atoms with E-state index < -0.39 is 0 Å². The van der Waals surface area contributed by atoms with Gasteiger partial charge in [0.15, 0.2) is 0 Å². The van der Waals surface area contributed by atoms with E-state index in [1.54, 1.807) is 18.2 Å². The molecule has 1 aromatic heterocycles. The highest BCUT2D eigenvalue weighted by molar-refractivity contribution is 7.98. The average molecular weight is 311 g/mol. The molecule has 5 heteroatoms. The van der Waals surface area contributed by atoms with Gasteiger partial charge < -0.3 is 0 Å². The summed E-state index contributed by atoms with van der Waals surface area (Å²) in [5.74, 6) is 1.43. The van der Waals surface area contributed by atoms with E-state index in [9.17, 15) is 4.39 Å². The number of hydrogen-bond acceptors (Lipinski definition) is 3. The van der Waals surface area contributed by atoms with Crippen LogP contribution in [-0.4, -0.2) is 9.97 Å². The summed E-state index contributed by atoms with van der Waals surface area (Å²) >= 11 is 7.39. The molecule has 106 valence electrons. The fourth-order valence-corrected chi connectivity index (χ4v) is 2.83. The van der Waals surface area contributed by atoms with Gasteiger partial charge >= 0.3 is 0 Å². The van der Waals surface area contributed by atoms with Crippen molar-refractivity contribution >= 4 is 23.4 Å². The van der Waals surface area contributed by atoms with Crippen LogP contribution in [0.2, 0.25) is 5.15 Å². The summed E-state index contributed by atoms with van der Waals surface area (Å²) in [6.45, 7) is 4.26. The second-order valence-corrected chi connectivity index (χ2v) is 6.32. The average Bonchev–Trinajstić information content (AvgIpc) is 2.36. The van der Waals surface area contributed by atoms with Gasteiger partial charge in [-0.05, 0) is 30.5 Å². The van der Waals surface area contributed by atoms with Crippen LogP contribution in [-0.2, 0) is 12.2 Å². The summed E-state index contributed by atoms with van der Waals surface area (Å²) in [5.41, 5.74) is 0.934. The maximum atomic E-state index is 13.5. The minimum Gasteiger partial charge on any atom is -0.237 e. The first-order valence-electron chi connectivity index (χ1n) is 6.44. The molecule has 0 spiro atoms. The van der Waals surface area contributed by atoms with Crippen LogP contribution in [0.25, 0.3) is 0 Å². The molecule has 0 saturated heterocycles. The van der Waals surface area contributed by atoms with E-state index in [2.05, 4.69) is 23.8 Å².